The standard InChI is InChI=1S/C21H22N2O5/c1-27-18-9-7-17(8-10-18)23-13-16(11-20(23)25)21(26)28-14-19(24)22-12-15-5-3-2-4-6-15/h2-10,16H,11-14H2,1H3,(H,22,24)/t16-/m1/s1. The molecule has 0 spiro atoms. The van der Waals surface area contributed by atoms with Crippen LogP contribution in [0.5, 0.6) is 5.75 Å². The van der Waals surface area contributed by atoms with Gasteiger partial charge in [-0.3, -0.25) is 14.4 Å². The Bertz CT molecular complexity index is 836. The van der Waals surface area contributed by atoms with E-state index in [1.807, 2.05) is 30.3 Å². The fraction of sp³-hybridized carbons (Fsp3) is 0.286. The van der Waals surface area contributed by atoms with Crippen LogP contribution < -0.4 is 15.0 Å². The predicted molar refractivity (Wildman–Crippen MR) is 103 cm³/mol. The highest BCUT2D eigenvalue weighted by Gasteiger charge is 2.36. The molecule has 0 saturated carbocycles. The van der Waals surface area contributed by atoms with Crippen LogP contribution >= 0.6 is 0 Å². The number of benzene rings is 2. The average Bonchev–Trinajstić information content (AvgIpc) is 3.13. The Kier molecular flexibility index (Phi) is 6.26. The Morgan fingerprint density at radius 3 is 2.50 bits per heavy atom. The molecule has 0 unspecified atom stereocenters. The van der Waals surface area contributed by atoms with Gasteiger partial charge in [0.15, 0.2) is 6.61 Å². The smallest absolute Gasteiger partial charge is 0.311 e. The summed E-state index contributed by atoms with van der Waals surface area (Å²) in [6, 6.07) is 16.5. The molecule has 0 aromatic heterocycles. The summed E-state index contributed by atoms with van der Waals surface area (Å²) in [6.45, 7) is 0.235. The van der Waals surface area contributed by atoms with E-state index in [4.69, 9.17) is 9.47 Å². The number of carbonyl (C=O) groups excluding carboxylic acids is 3. The molecule has 146 valence electrons. The van der Waals surface area contributed by atoms with Crippen LogP contribution in [-0.4, -0.2) is 38.0 Å². The molecule has 2 amide bonds. The lowest BCUT2D eigenvalue weighted by Gasteiger charge is -2.16. The van der Waals surface area contributed by atoms with Crippen molar-refractivity contribution in [2.75, 3.05) is 25.2 Å². The number of ether oxygens (including phenoxy) is 2. The van der Waals surface area contributed by atoms with Gasteiger partial charge >= 0.3 is 5.97 Å². The summed E-state index contributed by atoms with van der Waals surface area (Å²) in [4.78, 5) is 37.9. The van der Waals surface area contributed by atoms with Crippen molar-refractivity contribution in [1.29, 1.82) is 0 Å². The largest absolute Gasteiger partial charge is 0.497 e. The number of hydrogen-bond donors (Lipinski definition) is 1. The molecule has 7 nitrogen and oxygen atoms in total. The van der Waals surface area contributed by atoms with E-state index >= 15 is 0 Å². The van der Waals surface area contributed by atoms with E-state index < -0.39 is 11.9 Å². The third kappa shape index (κ3) is 4.88. The molecule has 2 aromatic rings. The minimum absolute atomic E-state index is 0.0660. The second kappa shape index (κ2) is 9.03. The highest BCUT2D eigenvalue weighted by Crippen LogP contribution is 2.27. The molecule has 1 aliphatic rings. The first-order valence-electron chi connectivity index (χ1n) is 8.98. The maximum absolute atomic E-state index is 12.2. The van der Waals surface area contributed by atoms with Gasteiger partial charge in [0.2, 0.25) is 5.91 Å². The van der Waals surface area contributed by atoms with Gasteiger partial charge in [0.1, 0.15) is 5.75 Å². The number of nitrogens with one attached hydrogen (secondary N) is 1. The molecule has 0 aliphatic carbocycles. The molecular weight excluding hydrogens is 360 g/mol. The normalized spacial score (nSPS) is 16.0. The first-order valence-corrected chi connectivity index (χ1v) is 8.98. The number of nitrogens with zero attached hydrogens (tertiary/aromatic N) is 1. The number of amides is 2. The molecule has 1 atom stereocenters. The van der Waals surface area contributed by atoms with Crippen LogP contribution in [0.2, 0.25) is 0 Å². The van der Waals surface area contributed by atoms with Gasteiger partial charge < -0.3 is 19.7 Å². The zero-order chi connectivity index (χ0) is 19.9. The number of anilines is 1. The van der Waals surface area contributed by atoms with Gasteiger partial charge in [-0.2, -0.15) is 0 Å². The molecule has 1 heterocycles. The van der Waals surface area contributed by atoms with Crippen LogP contribution in [0.1, 0.15) is 12.0 Å². The molecule has 7 heteroatoms. The van der Waals surface area contributed by atoms with Gasteiger partial charge in [-0.05, 0) is 29.8 Å². The van der Waals surface area contributed by atoms with E-state index in [1.165, 1.54) is 0 Å². The zero-order valence-electron chi connectivity index (χ0n) is 15.6. The van der Waals surface area contributed by atoms with Crippen molar-refractivity contribution in [3.63, 3.8) is 0 Å². The van der Waals surface area contributed by atoms with E-state index in [0.29, 0.717) is 18.0 Å². The summed E-state index contributed by atoms with van der Waals surface area (Å²) < 4.78 is 10.2. The average molecular weight is 382 g/mol. The topological polar surface area (TPSA) is 84.9 Å². The highest BCUT2D eigenvalue weighted by molar-refractivity contribution is 5.99. The van der Waals surface area contributed by atoms with E-state index in [9.17, 15) is 14.4 Å². The van der Waals surface area contributed by atoms with Crippen molar-refractivity contribution in [2.45, 2.75) is 13.0 Å². The molecule has 0 radical (unpaired) electrons. The second-order valence-electron chi connectivity index (χ2n) is 6.47. The Hall–Kier alpha value is -3.35. The van der Waals surface area contributed by atoms with E-state index in [2.05, 4.69) is 5.32 Å². The molecule has 0 bridgehead atoms. The Morgan fingerprint density at radius 1 is 1.11 bits per heavy atom. The van der Waals surface area contributed by atoms with Crippen LogP contribution in [0, 0.1) is 5.92 Å². The molecule has 1 aliphatic heterocycles. The van der Waals surface area contributed by atoms with Crippen molar-refractivity contribution in [2.24, 2.45) is 5.92 Å². The Labute approximate surface area is 163 Å². The summed E-state index contributed by atoms with van der Waals surface area (Å²) >= 11 is 0. The SMILES string of the molecule is COc1ccc(N2C[C@H](C(=O)OCC(=O)NCc3ccccc3)CC2=O)cc1. The highest BCUT2D eigenvalue weighted by atomic mass is 16.5. The first-order chi connectivity index (χ1) is 13.6. The lowest BCUT2D eigenvalue weighted by atomic mass is 10.1. The monoisotopic (exact) mass is 382 g/mol. The van der Waals surface area contributed by atoms with Gasteiger partial charge in [0, 0.05) is 25.2 Å². The fourth-order valence-electron chi connectivity index (χ4n) is 2.98. The second-order valence-corrected chi connectivity index (χ2v) is 6.47. The lowest BCUT2D eigenvalue weighted by molar-refractivity contribution is -0.152. The minimum Gasteiger partial charge on any atom is -0.497 e. The van der Waals surface area contributed by atoms with Gasteiger partial charge in [0.05, 0.1) is 13.0 Å². The Morgan fingerprint density at radius 2 is 1.82 bits per heavy atom. The molecule has 2 aromatic carbocycles. The molecular formula is C21H22N2O5. The van der Waals surface area contributed by atoms with Crippen molar-refractivity contribution >= 4 is 23.5 Å². The van der Waals surface area contributed by atoms with Gasteiger partial charge in [-0.1, -0.05) is 30.3 Å². The predicted octanol–water partition coefficient (Wildman–Crippen LogP) is 1.91. The summed E-state index contributed by atoms with van der Waals surface area (Å²) in [5.74, 6) is -0.974. The minimum atomic E-state index is -0.587. The quantitative estimate of drug-likeness (QED) is 0.740. The number of carbonyl (C=O) groups is 3. The first kappa shape index (κ1) is 19.4. The van der Waals surface area contributed by atoms with Crippen molar-refractivity contribution in [3.05, 3.63) is 60.2 Å². The maximum atomic E-state index is 12.2. The van der Waals surface area contributed by atoms with Gasteiger partial charge in [-0.25, -0.2) is 0 Å². The number of methoxy groups -OCH3 is 1. The summed E-state index contributed by atoms with van der Waals surface area (Å²) in [5.41, 5.74) is 1.65. The van der Waals surface area contributed by atoms with E-state index in [1.54, 1.807) is 36.3 Å². The molecule has 28 heavy (non-hydrogen) atoms. The molecule has 1 N–H and O–H groups in total. The van der Waals surface area contributed by atoms with Gasteiger partial charge in [0.25, 0.3) is 5.91 Å². The van der Waals surface area contributed by atoms with Crippen LogP contribution in [0.4, 0.5) is 5.69 Å². The Balaban J connectivity index is 1.46. The number of esters is 1. The van der Waals surface area contributed by atoms with E-state index in [-0.39, 0.29) is 31.4 Å². The van der Waals surface area contributed by atoms with E-state index in [0.717, 1.165) is 5.56 Å². The van der Waals surface area contributed by atoms with Crippen LogP contribution in [-0.2, 0) is 25.7 Å². The third-order valence-electron chi connectivity index (χ3n) is 4.52. The fourth-order valence-corrected chi connectivity index (χ4v) is 2.98. The number of rotatable bonds is 7. The van der Waals surface area contributed by atoms with Crippen LogP contribution in [0.15, 0.2) is 54.6 Å². The lowest BCUT2D eigenvalue weighted by Crippen LogP contribution is -2.31. The molecule has 3 rings (SSSR count). The third-order valence-corrected chi connectivity index (χ3v) is 4.52. The summed E-state index contributed by atoms with van der Waals surface area (Å²) in [7, 11) is 1.57. The van der Waals surface area contributed by atoms with Crippen molar-refractivity contribution in [3.8, 4) is 5.75 Å². The molecule has 1 fully saturated rings. The van der Waals surface area contributed by atoms with Crippen molar-refractivity contribution < 1.29 is 23.9 Å². The maximum Gasteiger partial charge on any atom is 0.311 e. The van der Waals surface area contributed by atoms with Crippen LogP contribution in [0.25, 0.3) is 0 Å². The number of hydrogen-bond acceptors (Lipinski definition) is 5. The van der Waals surface area contributed by atoms with Crippen molar-refractivity contribution in [1.82, 2.24) is 5.32 Å². The van der Waals surface area contributed by atoms with Crippen LogP contribution in [0.3, 0.4) is 0 Å². The summed E-state index contributed by atoms with van der Waals surface area (Å²) in [5, 5.41) is 2.69. The molecule has 1 saturated heterocycles. The van der Waals surface area contributed by atoms with Gasteiger partial charge in [-0.15, -0.1) is 0 Å². The zero-order valence-corrected chi connectivity index (χ0v) is 15.6. The summed E-state index contributed by atoms with van der Waals surface area (Å²) in [6.07, 6.45) is 0.0660.